The number of halogens is 1. The zero-order valence-electron chi connectivity index (χ0n) is 13.6. The summed E-state index contributed by atoms with van der Waals surface area (Å²) < 4.78 is 0. The summed E-state index contributed by atoms with van der Waals surface area (Å²) in [4.78, 5) is 35.2. The van der Waals surface area contributed by atoms with E-state index < -0.39 is 17.9 Å². The number of rotatable bonds is 6. The lowest BCUT2D eigenvalue weighted by Crippen LogP contribution is -2.45. The minimum atomic E-state index is -0.879. The van der Waals surface area contributed by atoms with Gasteiger partial charge in [0.1, 0.15) is 6.04 Å². The van der Waals surface area contributed by atoms with E-state index in [4.69, 9.17) is 17.3 Å². The zero-order chi connectivity index (χ0) is 18.4. The number of primary amides is 1. The van der Waals surface area contributed by atoms with Crippen LogP contribution in [0, 0.1) is 0 Å². The molecule has 0 radical (unpaired) electrons. The Labute approximate surface area is 150 Å². The van der Waals surface area contributed by atoms with E-state index in [0.717, 1.165) is 5.56 Å². The summed E-state index contributed by atoms with van der Waals surface area (Å²) in [5, 5.41) is 5.75. The molecule has 0 unspecified atom stereocenters. The molecule has 0 aromatic heterocycles. The molecule has 0 aliphatic heterocycles. The molecule has 0 saturated carbocycles. The van der Waals surface area contributed by atoms with Crippen molar-refractivity contribution in [1.82, 2.24) is 5.32 Å². The number of hydrogen-bond donors (Lipinski definition) is 3. The third kappa shape index (κ3) is 5.61. The fourth-order valence-electron chi connectivity index (χ4n) is 2.31. The first kappa shape index (κ1) is 18.5. The second-order valence-corrected chi connectivity index (χ2v) is 5.96. The van der Waals surface area contributed by atoms with Gasteiger partial charge in [-0.15, -0.1) is 0 Å². The number of nitrogens with two attached hydrogens (primary N) is 1. The number of nitrogens with one attached hydrogen (secondary N) is 2. The van der Waals surface area contributed by atoms with Crippen molar-refractivity contribution in [2.24, 2.45) is 5.73 Å². The maximum Gasteiger partial charge on any atom is 0.252 e. The molecule has 25 heavy (non-hydrogen) atoms. The van der Waals surface area contributed by atoms with Crippen LogP contribution < -0.4 is 16.4 Å². The molecule has 0 spiro atoms. The van der Waals surface area contributed by atoms with E-state index in [9.17, 15) is 14.4 Å². The van der Waals surface area contributed by atoms with Gasteiger partial charge in [-0.25, -0.2) is 0 Å². The van der Waals surface area contributed by atoms with Crippen LogP contribution in [0.3, 0.4) is 0 Å². The van der Waals surface area contributed by atoms with E-state index in [1.165, 1.54) is 13.0 Å². The van der Waals surface area contributed by atoms with Crippen molar-refractivity contribution in [3.05, 3.63) is 64.7 Å². The highest BCUT2D eigenvalue weighted by atomic mass is 35.5. The van der Waals surface area contributed by atoms with Crippen molar-refractivity contribution < 1.29 is 14.4 Å². The molecule has 0 aliphatic rings. The summed E-state index contributed by atoms with van der Waals surface area (Å²) >= 11 is 5.93. The van der Waals surface area contributed by atoms with E-state index in [2.05, 4.69) is 10.6 Å². The molecular formula is C18H18ClN3O3. The van der Waals surface area contributed by atoms with Crippen LogP contribution in [0.2, 0.25) is 5.02 Å². The van der Waals surface area contributed by atoms with E-state index >= 15 is 0 Å². The molecule has 7 heteroatoms. The van der Waals surface area contributed by atoms with Gasteiger partial charge in [0.05, 0.1) is 0 Å². The van der Waals surface area contributed by atoms with Gasteiger partial charge in [-0.3, -0.25) is 14.4 Å². The Morgan fingerprint density at radius 3 is 2.48 bits per heavy atom. The first-order valence-electron chi connectivity index (χ1n) is 7.57. The normalized spacial score (nSPS) is 11.4. The summed E-state index contributed by atoms with van der Waals surface area (Å²) in [5.74, 6) is -1.35. The smallest absolute Gasteiger partial charge is 0.252 e. The van der Waals surface area contributed by atoms with Crippen LogP contribution >= 0.6 is 11.6 Å². The predicted molar refractivity (Wildman–Crippen MR) is 96.4 cm³/mol. The monoisotopic (exact) mass is 359 g/mol. The van der Waals surface area contributed by atoms with Crippen molar-refractivity contribution in [3.8, 4) is 0 Å². The zero-order valence-corrected chi connectivity index (χ0v) is 14.3. The highest BCUT2D eigenvalue weighted by Crippen LogP contribution is 2.14. The summed E-state index contributed by atoms with van der Waals surface area (Å²) in [6.45, 7) is 1.38. The summed E-state index contributed by atoms with van der Waals surface area (Å²) in [7, 11) is 0. The average Bonchev–Trinajstić information content (AvgIpc) is 2.53. The minimum absolute atomic E-state index is 0.229. The van der Waals surface area contributed by atoms with Gasteiger partial charge >= 0.3 is 0 Å². The van der Waals surface area contributed by atoms with Crippen LogP contribution in [0.4, 0.5) is 5.69 Å². The Hall–Kier alpha value is -2.86. The quantitative estimate of drug-likeness (QED) is 0.736. The van der Waals surface area contributed by atoms with Crippen LogP contribution in [0.25, 0.3) is 0 Å². The number of anilines is 1. The largest absolute Gasteiger partial charge is 0.368 e. The predicted octanol–water partition coefficient (Wildman–Crippen LogP) is 2.12. The molecule has 1 atom stereocenters. The molecule has 130 valence electrons. The van der Waals surface area contributed by atoms with Crippen LogP contribution in [-0.2, 0) is 16.0 Å². The molecule has 0 saturated heterocycles. The van der Waals surface area contributed by atoms with E-state index in [-0.39, 0.29) is 12.3 Å². The van der Waals surface area contributed by atoms with Gasteiger partial charge < -0.3 is 16.4 Å². The molecule has 2 rings (SSSR count). The van der Waals surface area contributed by atoms with Gasteiger partial charge in [0, 0.05) is 29.6 Å². The van der Waals surface area contributed by atoms with E-state index in [1.807, 2.05) is 0 Å². The molecule has 6 nitrogen and oxygen atoms in total. The Bertz CT molecular complexity index is 808. The van der Waals surface area contributed by atoms with Crippen molar-refractivity contribution in [1.29, 1.82) is 0 Å². The lowest BCUT2D eigenvalue weighted by Gasteiger charge is -2.16. The molecule has 3 amide bonds. The van der Waals surface area contributed by atoms with E-state index in [1.54, 1.807) is 42.5 Å². The van der Waals surface area contributed by atoms with Crippen molar-refractivity contribution >= 4 is 35.0 Å². The standard InChI is InChI=1S/C18H18ClN3O3/c1-11(23)21-15-7-3-5-13(10-15)18(25)22-16(17(20)24)9-12-4-2-6-14(19)8-12/h2-8,10,16H,9H2,1H3,(H2,20,24)(H,21,23)(H,22,25)/t16-/m0/s1. The van der Waals surface area contributed by atoms with Gasteiger partial charge in [0.15, 0.2) is 0 Å². The molecule has 4 N–H and O–H groups in total. The second-order valence-electron chi connectivity index (χ2n) is 5.52. The lowest BCUT2D eigenvalue weighted by molar-refractivity contribution is -0.119. The SMILES string of the molecule is CC(=O)Nc1cccc(C(=O)N[C@@H](Cc2cccc(Cl)c2)C(N)=O)c1. The van der Waals surface area contributed by atoms with E-state index in [0.29, 0.717) is 16.3 Å². The maximum atomic E-state index is 12.4. The van der Waals surface area contributed by atoms with Gasteiger partial charge in [-0.2, -0.15) is 0 Å². The Balaban J connectivity index is 2.12. The number of carbonyl (C=O) groups is 3. The first-order valence-corrected chi connectivity index (χ1v) is 7.95. The number of amides is 3. The molecule has 2 aromatic rings. The fraction of sp³-hybridized carbons (Fsp3) is 0.167. The first-order chi connectivity index (χ1) is 11.8. The van der Waals surface area contributed by atoms with Crippen LogP contribution in [0.5, 0.6) is 0 Å². The highest BCUT2D eigenvalue weighted by molar-refractivity contribution is 6.30. The Morgan fingerprint density at radius 1 is 1.12 bits per heavy atom. The van der Waals surface area contributed by atoms with Crippen molar-refractivity contribution in [2.45, 2.75) is 19.4 Å². The van der Waals surface area contributed by atoms with Crippen LogP contribution in [-0.4, -0.2) is 23.8 Å². The number of carbonyl (C=O) groups excluding carboxylic acids is 3. The van der Waals surface area contributed by atoms with Crippen molar-refractivity contribution in [3.63, 3.8) is 0 Å². The number of hydrogen-bond acceptors (Lipinski definition) is 3. The fourth-order valence-corrected chi connectivity index (χ4v) is 2.52. The maximum absolute atomic E-state index is 12.4. The Kier molecular flexibility index (Phi) is 6.14. The third-order valence-corrected chi connectivity index (χ3v) is 3.66. The molecule has 0 aliphatic carbocycles. The van der Waals surface area contributed by atoms with Crippen LogP contribution in [0.1, 0.15) is 22.8 Å². The second kappa shape index (κ2) is 8.30. The van der Waals surface area contributed by atoms with Gasteiger partial charge in [-0.05, 0) is 35.9 Å². The molecule has 2 aromatic carbocycles. The van der Waals surface area contributed by atoms with Gasteiger partial charge in [0.25, 0.3) is 5.91 Å². The third-order valence-electron chi connectivity index (χ3n) is 3.42. The molecule has 0 heterocycles. The lowest BCUT2D eigenvalue weighted by atomic mass is 10.0. The summed E-state index contributed by atoms with van der Waals surface area (Å²) in [6, 6.07) is 12.5. The highest BCUT2D eigenvalue weighted by Gasteiger charge is 2.20. The van der Waals surface area contributed by atoms with Crippen molar-refractivity contribution in [2.75, 3.05) is 5.32 Å². The van der Waals surface area contributed by atoms with Crippen LogP contribution in [0.15, 0.2) is 48.5 Å². The average molecular weight is 360 g/mol. The van der Waals surface area contributed by atoms with Gasteiger partial charge in [-0.1, -0.05) is 29.8 Å². The molecule has 0 fully saturated rings. The van der Waals surface area contributed by atoms with Gasteiger partial charge in [0.2, 0.25) is 11.8 Å². The summed E-state index contributed by atoms with van der Waals surface area (Å²) in [6.07, 6.45) is 0.229. The summed E-state index contributed by atoms with van der Waals surface area (Å²) in [5.41, 5.74) is 6.98. The molecule has 0 bridgehead atoms. The Morgan fingerprint density at radius 2 is 1.84 bits per heavy atom. The topological polar surface area (TPSA) is 101 Å². The molecular weight excluding hydrogens is 342 g/mol. The number of benzene rings is 2. The minimum Gasteiger partial charge on any atom is -0.368 e.